The Balaban J connectivity index is 1.76. The molecule has 1 heterocycles. The summed E-state index contributed by atoms with van der Waals surface area (Å²) in [6, 6.07) is 23.7. The molecule has 1 aromatic heterocycles. The first-order valence-corrected chi connectivity index (χ1v) is 14.3. The average Bonchev–Trinajstić information content (AvgIpc) is 3.30. The Labute approximate surface area is 224 Å². The van der Waals surface area contributed by atoms with Crippen LogP contribution in [0.5, 0.6) is 0 Å². The molecule has 0 N–H and O–H groups in total. The third-order valence-corrected chi connectivity index (χ3v) is 7.75. The van der Waals surface area contributed by atoms with E-state index in [4.69, 9.17) is 4.98 Å². The van der Waals surface area contributed by atoms with Crippen LogP contribution in [-0.4, -0.2) is 4.98 Å². The summed E-state index contributed by atoms with van der Waals surface area (Å²) in [4.78, 5) is 5.38. The highest BCUT2D eigenvalue weighted by molar-refractivity contribution is 5.74. The minimum absolute atomic E-state index is 0.550. The number of fused-ring (bicyclic) bond motifs is 1. The maximum absolute atomic E-state index is 10.6. The Morgan fingerprint density at radius 2 is 1.54 bits per heavy atom. The summed E-state index contributed by atoms with van der Waals surface area (Å²) in [5, 5.41) is 10.6. The lowest BCUT2D eigenvalue weighted by molar-refractivity contribution is 0.495. The third-order valence-electron chi connectivity index (χ3n) is 7.75. The molecule has 0 unspecified atom stereocenters. The number of pyridine rings is 1. The Morgan fingerprint density at radius 1 is 0.865 bits per heavy atom. The van der Waals surface area contributed by atoms with Crippen LogP contribution in [0.15, 0.2) is 60.7 Å². The summed E-state index contributed by atoms with van der Waals surface area (Å²) in [5.41, 5.74) is 8.16. The molecule has 0 amide bonds. The van der Waals surface area contributed by atoms with E-state index in [2.05, 4.69) is 62.1 Å². The highest BCUT2D eigenvalue weighted by Gasteiger charge is 2.42. The van der Waals surface area contributed by atoms with Gasteiger partial charge in [-0.2, -0.15) is 5.26 Å². The molecular formula is C35H40N2. The van der Waals surface area contributed by atoms with E-state index in [1.54, 1.807) is 0 Å². The Hall–Kier alpha value is -3.36. The van der Waals surface area contributed by atoms with Crippen molar-refractivity contribution >= 4 is 0 Å². The molecule has 0 bridgehead atoms. The van der Waals surface area contributed by atoms with Gasteiger partial charge in [0.1, 0.15) is 5.41 Å². The fourth-order valence-corrected chi connectivity index (χ4v) is 5.70. The number of rotatable bonds is 11. The molecule has 2 nitrogen and oxygen atoms in total. The lowest BCUT2D eigenvalue weighted by Gasteiger charge is -2.24. The van der Waals surface area contributed by atoms with Gasteiger partial charge in [0.25, 0.3) is 0 Å². The predicted molar refractivity (Wildman–Crippen MR) is 154 cm³/mol. The maximum Gasteiger partial charge on any atom is 0.101 e. The second-order valence-corrected chi connectivity index (χ2v) is 10.4. The molecule has 0 aliphatic heterocycles. The van der Waals surface area contributed by atoms with Crippen molar-refractivity contribution < 1.29 is 0 Å². The Kier molecular flexibility index (Phi) is 9.57. The van der Waals surface area contributed by atoms with Crippen molar-refractivity contribution in [1.29, 1.82) is 5.26 Å². The van der Waals surface area contributed by atoms with Gasteiger partial charge < -0.3 is 0 Å². The van der Waals surface area contributed by atoms with E-state index in [0.29, 0.717) is 6.42 Å². The minimum Gasteiger partial charge on any atom is -0.256 e. The minimum atomic E-state index is -0.550. The highest BCUT2D eigenvalue weighted by atomic mass is 14.8. The number of benzene rings is 2. The van der Waals surface area contributed by atoms with Crippen molar-refractivity contribution in [2.24, 2.45) is 0 Å². The number of unbranched alkanes of at least 4 members (excludes halogenated alkanes) is 4. The van der Waals surface area contributed by atoms with Gasteiger partial charge in [0.05, 0.1) is 11.8 Å². The normalized spacial score (nSPS) is 16.0. The molecule has 2 heteroatoms. The largest absolute Gasteiger partial charge is 0.256 e. The van der Waals surface area contributed by atoms with Crippen LogP contribution in [0.25, 0.3) is 11.1 Å². The first-order chi connectivity index (χ1) is 18.2. The van der Waals surface area contributed by atoms with Crippen LogP contribution in [0.1, 0.15) is 99.7 Å². The number of hydrogen-bond acceptors (Lipinski definition) is 2. The Morgan fingerprint density at radius 3 is 2.22 bits per heavy atom. The van der Waals surface area contributed by atoms with E-state index in [-0.39, 0.29) is 0 Å². The quantitative estimate of drug-likeness (QED) is 0.200. The fourth-order valence-electron chi connectivity index (χ4n) is 5.70. The molecule has 0 saturated carbocycles. The number of nitriles is 1. The highest BCUT2D eigenvalue weighted by Crippen LogP contribution is 2.46. The van der Waals surface area contributed by atoms with Crippen LogP contribution in [0.4, 0.5) is 0 Å². The zero-order valence-corrected chi connectivity index (χ0v) is 22.7. The van der Waals surface area contributed by atoms with Gasteiger partial charge in [-0.25, -0.2) is 0 Å². The van der Waals surface area contributed by atoms with Crippen molar-refractivity contribution in [1.82, 2.24) is 4.98 Å². The molecule has 1 atom stereocenters. The monoisotopic (exact) mass is 488 g/mol. The second-order valence-electron chi connectivity index (χ2n) is 10.4. The molecule has 0 saturated heterocycles. The first-order valence-electron chi connectivity index (χ1n) is 14.3. The van der Waals surface area contributed by atoms with E-state index in [1.165, 1.54) is 60.1 Å². The van der Waals surface area contributed by atoms with Crippen molar-refractivity contribution in [2.45, 2.75) is 96.3 Å². The molecule has 0 fully saturated rings. The van der Waals surface area contributed by atoms with Gasteiger partial charge in [-0.3, -0.25) is 4.98 Å². The summed E-state index contributed by atoms with van der Waals surface area (Å²) in [6.45, 7) is 4.52. The lowest BCUT2D eigenvalue weighted by atomic mass is 9.80. The molecule has 37 heavy (non-hydrogen) atoms. The SMILES string of the molecule is CCCCCc1nc2c(c(-c3ccccc3)c1CCCCC)CC[C@@]2(C#N)CCC#Cc1ccccc1. The van der Waals surface area contributed by atoms with Gasteiger partial charge in [-0.1, -0.05) is 99.9 Å². The first kappa shape index (κ1) is 26.7. The molecule has 0 radical (unpaired) electrons. The molecule has 2 aromatic carbocycles. The number of aryl methyl sites for hydroxylation is 1. The van der Waals surface area contributed by atoms with Crippen LogP contribution >= 0.6 is 0 Å². The number of hydrogen-bond donors (Lipinski definition) is 0. The van der Waals surface area contributed by atoms with Crippen LogP contribution in [0.3, 0.4) is 0 Å². The zero-order valence-electron chi connectivity index (χ0n) is 22.7. The fraction of sp³-hybridized carbons (Fsp3) is 0.429. The van der Waals surface area contributed by atoms with Crippen molar-refractivity contribution in [3.63, 3.8) is 0 Å². The number of nitrogens with zero attached hydrogens (tertiary/aromatic N) is 2. The summed E-state index contributed by atoms with van der Waals surface area (Å²) >= 11 is 0. The van der Waals surface area contributed by atoms with Gasteiger partial charge in [-0.15, -0.1) is 0 Å². The van der Waals surface area contributed by atoms with Crippen molar-refractivity contribution in [3.8, 4) is 29.0 Å². The topological polar surface area (TPSA) is 36.7 Å². The molecule has 3 aromatic rings. The predicted octanol–water partition coefficient (Wildman–Crippen LogP) is 8.75. The molecule has 4 rings (SSSR count). The molecule has 190 valence electrons. The van der Waals surface area contributed by atoms with E-state index in [9.17, 15) is 5.26 Å². The average molecular weight is 489 g/mol. The van der Waals surface area contributed by atoms with Gasteiger partial charge in [-0.05, 0) is 79.3 Å². The maximum atomic E-state index is 10.6. The standard InChI is InChI=1S/C35H40N2/c1-3-5-9-22-30-32(23-10-6-4-2)37-34-31(33(30)29-20-13-8-14-21-29)24-26-35(34,27-36)25-16-15-19-28-17-11-7-12-18-28/h7-8,11-14,17-18,20-21H,3-6,9-10,16,22-26H2,1-2H3/t35-/m1/s1. The van der Waals surface area contributed by atoms with Crippen LogP contribution in [-0.2, 0) is 24.7 Å². The zero-order chi connectivity index (χ0) is 25.9. The van der Waals surface area contributed by atoms with E-state index in [0.717, 1.165) is 49.8 Å². The van der Waals surface area contributed by atoms with Crippen LogP contribution in [0, 0.1) is 23.2 Å². The summed E-state index contributed by atoms with van der Waals surface area (Å²) in [6.07, 6.45) is 12.5. The van der Waals surface area contributed by atoms with Crippen molar-refractivity contribution in [2.75, 3.05) is 0 Å². The van der Waals surface area contributed by atoms with E-state index < -0.39 is 5.41 Å². The third kappa shape index (κ3) is 6.32. The summed E-state index contributed by atoms with van der Waals surface area (Å²) in [5.74, 6) is 6.61. The molecule has 1 aliphatic rings. The second kappa shape index (κ2) is 13.3. The number of aromatic nitrogens is 1. The lowest BCUT2D eigenvalue weighted by Crippen LogP contribution is -2.23. The van der Waals surface area contributed by atoms with E-state index in [1.807, 2.05) is 30.3 Å². The van der Waals surface area contributed by atoms with Crippen LogP contribution < -0.4 is 0 Å². The Bertz CT molecular complexity index is 1260. The van der Waals surface area contributed by atoms with Gasteiger partial charge in [0.15, 0.2) is 0 Å². The molecule has 0 spiro atoms. The summed E-state index contributed by atoms with van der Waals surface area (Å²) in [7, 11) is 0. The van der Waals surface area contributed by atoms with Gasteiger partial charge in [0, 0.05) is 17.7 Å². The van der Waals surface area contributed by atoms with Crippen molar-refractivity contribution in [3.05, 3.63) is 88.7 Å². The summed E-state index contributed by atoms with van der Waals surface area (Å²) < 4.78 is 0. The van der Waals surface area contributed by atoms with Gasteiger partial charge >= 0.3 is 0 Å². The molecule has 1 aliphatic carbocycles. The van der Waals surface area contributed by atoms with Gasteiger partial charge in [0.2, 0.25) is 0 Å². The van der Waals surface area contributed by atoms with Crippen LogP contribution in [0.2, 0.25) is 0 Å². The molecular weight excluding hydrogens is 448 g/mol. The van der Waals surface area contributed by atoms with E-state index >= 15 is 0 Å². The smallest absolute Gasteiger partial charge is 0.101 e.